The van der Waals surface area contributed by atoms with Crippen LogP contribution in [0.3, 0.4) is 0 Å². The Bertz CT molecular complexity index is 811. The minimum Gasteiger partial charge on any atom is -0.340 e. The van der Waals surface area contributed by atoms with Crippen LogP contribution in [0.25, 0.3) is 10.9 Å². The Morgan fingerprint density at radius 3 is 2.90 bits per heavy atom. The standard InChI is InChI=1S/C14H13ClN4O2/c1-9(15)13-18-11-5-3-2-4-10(11)14(20)19(13)7-6-12-16-8-17-21-12/h2-5,8-9H,6-7H2,1H3. The van der Waals surface area contributed by atoms with Crippen molar-refractivity contribution < 1.29 is 4.52 Å². The van der Waals surface area contributed by atoms with Crippen molar-refractivity contribution >= 4 is 22.5 Å². The highest BCUT2D eigenvalue weighted by Gasteiger charge is 2.15. The summed E-state index contributed by atoms with van der Waals surface area (Å²) in [6, 6.07) is 7.23. The summed E-state index contributed by atoms with van der Waals surface area (Å²) in [5, 5.41) is 3.75. The van der Waals surface area contributed by atoms with Gasteiger partial charge in [-0.2, -0.15) is 4.98 Å². The molecule has 0 saturated heterocycles. The Kier molecular flexibility index (Phi) is 3.70. The van der Waals surface area contributed by atoms with E-state index in [0.717, 1.165) is 0 Å². The first-order valence-corrected chi connectivity index (χ1v) is 6.99. The number of hydrogen-bond acceptors (Lipinski definition) is 5. The van der Waals surface area contributed by atoms with Gasteiger partial charge >= 0.3 is 0 Å². The molecule has 21 heavy (non-hydrogen) atoms. The predicted octanol–water partition coefficient (Wildman–Crippen LogP) is 2.32. The number of hydrogen-bond donors (Lipinski definition) is 0. The number of aryl methyl sites for hydroxylation is 1. The zero-order valence-electron chi connectivity index (χ0n) is 11.4. The molecular weight excluding hydrogens is 292 g/mol. The van der Waals surface area contributed by atoms with E-state index in [-0.39, 0.29) is 10.9 Å². The molecule has 0 spiro atoms. The average molecular weight is 305 g/mol. The number of nitrogens with zero attached hydrogens (tertiary/aromatic N) is 4. The second-order valence-corrected chi connectivity index (χ2v) is 5.30. The lowest BCUT2D eigenvalue weighted by molar-refractivity contribution is 0.369. The molecule has 0 radical (unpaired) electrons. The number of alkyl halides is 1. The van der Waals surface area contributed by atoms with Gasteiger partial charge in [-0.3, -0.25) is 9.36 Å². The quantitative estimate of drug-likeness (QED) is 0.692. The van der Waals surface area contributed by atoms with E-state index in [0.29, 0.717) is 35.6 Å². The third kappa shape index (κ3) is 2.67. The fourth-order valence-electron chi connectivity index (χ4n) is 2.22. The lowest BCUT2D eigenvalue weighted by Crippen LogP contribution is -2.26. The van der Waals surface area contributed by atoms with Gasteiger partial charge in [0, 0.05) is 13.0 Å². The van der Waals surface area contributed by atoms with Crippen molar-refractivity contribution in [3.63, 3.8) is 0 Å². The van der Waals surface area contributed by atoms with Crippen LogP contribution in [0.15, 0.2) is 39.9 Å². The first-order chi connectivity index (χ1) is 10.2. The van der Waals surface area contributed by atoms with Crippen molar-refractivity contribution in [3.8, 4) is 0 Å². The molecule has 0 aliphatic carbocycles. The highest BCUT2D eigenvalue weighted by molar-refractivity contribution is 6.20. The van der Waals surface area contributed by atoms with Crippen LogP contribution in [0, 0.1) is 0 Å². The molecule has 0 bridgehead atoms. The van der Waals surface area contributed by atoms with E-state index in [9.17, 15) is 4.79 Å². The van der Waals surface area contributed by atoms with Crippen LogP contribution in [0.4, 0.5) is 0 Å². The molecule has 2 aromatic heterocycles. The molecule has 7 heteroatoms. The van der Waals surface area contributed by atoms with E-state index in [1.54, 1.807) is 17.6 Å². The second-order valence-electron chi connectivity index (χ2n) is 4.64. The second kappa shape index (κ2) is 5.65. The monoisotopic (exact) mass is 304 g/mol. The zero-order chi connectivity index (χ0) is 14.8. The van der Waals surface area contributed by atoms with Gasteiger partial charge in [0.2, 0.25) is 5.89 Å². The van der Waals surface area contributed by atoms with Gasteiger partial charge < -0.3 is 4.52 Å². The van der Waals surface area contributed by atoms with E-state index in [1.807, 2.05) is 18.2 Å². The summed E-state index contributed by atoms with van der Waals surface area (Å²) >= 11 is 6.17. The van der Waals surface area contributed by atoms with Crippen molar-refractivity contribution in [2.75, 3.05) is 0 Å². The van der Waals surface area contributed by atoms with Gasteiger partial charge in [0.1, 0.15) is 5.82 Å². The van der Waals surface area contributed by atoms with Crippen LogP contribution in [0.2, 0.25) is 0 Å². The van der Waals surface area contributed by atoms with Crippen molar-refractivity contribution in [2.45, 2.75) is 25.3 Å². The number of aromatic nitrogens is 4. The maximum Gasteiger partial charge on any atom is 0.261 e. The van der Waals surface area contributed by atoms with Crippen LogP contribution in [-0.4, -0.2) is 19.7 Å². The molecule has 6 nitrogen and oxygen atoms in total. The minimum atomic E-state index is -0.370. The fourth-order valence-corrected chi connectivity index (χ4v) is 2.39. The maximum atomic E-state index is 12.6. The van der Waals surface area contributed by atoms with Gasteiger partial charge in [-0.15, -0.1) is 11.6 Å². The van der Waals surface area contributed by atoms with Crippen LogP contribution < -0.4 is 5.56 Å². The molecular formula is C14H13ClN4O2. The van der Waals surface area contributed by atoms with Crippen LogP contribution in [0.1, 0.15) is 24.0 Å². The molecule has 3 rings (SSSR count). The highest BCUT2D eigenvalue weighted by Crippen LogP contribution is 2.19. The fraction of sp³-hybridized carbons (Fsp3) is 0.286. The third-order valence-corrected chi connectivity index (χ3v) is 3.40. The lowest BCUT2D eigenvalue weighted by Gasteiger charge is -2.14. The van der Waals surface area contributed by atoms with Gasteiger partial charge in [0.15, 0.2) is 6.33 Å². The van der Waals surface area contributed by atoms with Gasteiger partial charge in [0.25, 0.3) is 5.56 Å². The van der Waals surface area contributed by atoms with Crippen LogP contribution >= 0.6 is 11.6 Å². The van der Waals surface area contributed by atoms with Crippen LogP contribution in [-0.2, 0) is 13.0 Å². The molecule has 0 N–H and O–H groups in total. The number of para-hydroxylation sites is 1. The summed E-state index contributed by atoms with van der Waals surface area (Å²) in [5.74, 6) is 1.02. The van der Waals surface area contributed by atoms with Crippen molar-refractivity contribution in [1.82, 2.24) is 19.7 Å². The van der Waals surface area contributed by atoms with Crippen molar-refractivity contribution in [3.05, 3.63) is 52.7 Å². The van der Waals surface area contributed by atoms with E-state index in [1.165, 1.54) is 6.33 Å². The predicted molar refractivity (Wildman–Crippen MR) is 78.3 cm³/mol. The number of rotatable bonds is 4. The molecule has 2 heterocycles. The van der Waals surface area contributed by atoms with Crippen molar-refractivity contribution in [2.24, 2.45) is 0 Å². The van der Waals surface area contributed by atoms with Gasteiger partial charge in [-0.25, -0.2) is 4.98 Å². The molecule has 0 aliphatic rings. The summed E-state index contributed by atoms with van der Waals surface area (Å²) in [5.41, 5.74) is 0.543. The molecule has 0 amide bonds. The molecule has 0 fully saturated rings. The number of benzene rings is 1. The van der Waals surface area contributed by atoms with Crippen molar-refractivity contribution in [1.29, 1.82) is 0 Å². The molecule has 0 aliphatic heterocycles. The maximum absolute atomic E-state index is 12.6. The molecule has 1 aromatic carbocycles. The normalized spacial score (nSPS) is 12.7. The SMILES string of the molecule is CC(Cl)c1nc2ccccc2c(=O)n1CCc1ncno1. The first kappa shape index (κ1) is 13.8. The minimum absolute atomic E-state index is 0.109. The molecule has 0 saturated carbocycles. The molecule has 1 atom stereocenters. The van der Waals surface area contributed by atoms with E-state index in [2.05, 4.69) is 15.1 Å². The van der Waals surface area contributed by atoms with E-state index >= 15 is 0 Å². The van der Waals surface area contributed by atoms with E-state index in [4.69, 9.17) is 16.1 Å². The number of fused-ring (bicyclic) bond motifs is 1. The highest BCUT2D eigenvalue weighted by atomic mass is 35.5. The van der Waals surface area contributed by atoms with Gasteiger partial charge in [0.05, 0.1) is 16.3 Å². The summed E-state index contributed by atoms with van der Waals surface area (Å²) in [6.45, 7) is 2.19. The summed E-state index contributed by atoms with van der Waals surface area (Å²) in [7, 11) is 0. The zero-order valence-corrected chi connectivity index (χ0v) is 12.1. The topological polar surface area (TPSA) is 73.8 Å². The van der Waals surface area contributed by atoms with Gasteiger partial charge in [-0.05, 0) is 19.1 Å². The summed E-state index contributed by atoms with van der Waals surface area (Å²) in [4.78, 5) is 21.1. The Morgan fingerprint density at radius 2 is 2.19 bits per heavy atom. The Labute approximate surface area is 125 Å². The third-order valence-electron chi connectivity index (χ3n) is 3.20. The molecule has 3 aromatic rings. The van der Waals surface area contributed by atoms with E-state index < -0.39 is 0 Å². The van der Waals surface area contributed by atoms with Crippen LogP contribution in [0.5, 0.6) is 0 Å². The Morgan fingerprint density at radius 1 is 1.38 bits per heavy atom. The Hall–Kier alpha value is -2.21. The smallest absolute Gasteiger partial charge is 0.261 e. The first-order valence-electron chi connectivity index (χ1n) is 6.56. The Balaban J connectivity index is 2.08. The largest absolute Gasteiger partial charge is 0.340 e. The lowest BCUT2D eigenvalue weighted by atomic mass is 10.2. The summed E-state index contributed by atoms with van der Waals surface area (Å²) in [6.07, 6.45) is 1.79. The summed E-state index contributed by atoms with van der Waals surface area (Å²) < 4.78 is 6.53. The van der Waals surface area contributed by atoms with Gasteiger partial charge in [-0.1, -0.05) is 17.3 Å². The average Bonchev–Trinajstić information content (AvgIpc) is 2.99. The molecule has 108 valence electrons. The molecule has 1 unspecified atom stereocenters. The number of halogens is 1.